The van der Waals surface area contributed by atoms with Crippen LogP contribution in [0.3, 0.4) is 0 Å². The summed E-state index contributed by atoms with van der Waals surface area (Å²) >= 11 is 6.22. The van der Waals surface area contributed by atoms with Crippen LogP contribution in [0.1, 0.15) is 23.3 Å². The number of hydrogen-bond acceptors (Lipinski definition) is 4. The van der Waals surface area contributed by atoms with E-state index in [-0.39, 0.29) is 5.56 Å². The van der Waals surface area contributed by atoms with Crippen molar-refractivity contribution in [3.63, 3.8) is 0 Å². The first-order chi connectivity index (χ1) is 14.7. The van der Waals surface area contributed by atoms with Crippen LogP contribution in [-0.2, 0) is 19.6 Å². The van der Waals surface area contributed by atoms with Crippen molar-refractivity contribution in [2.75, 3.05) is 6.54 Å². The molecule has 0 amide bonds. The third kappa shape index (κ3) is 3.74. The van der Waals surface area contributed by atoms with Crippen molar-refractivity contribution in [3.05, 3.63) is 94.1 Å². The number of nitrogens with zero attached hydrogens (tertiary/aromatic N) is 2. The maximum absolute atomic E-state index is 12.7. The maximum Gasteiger partial charge on any atom is 0.258 e. The minimum atomic E-state index is -0.138. The average Bonchev–Trinajstić information content (AvgIpc) is 2.98. The van der Waals surface area contributed by atoms with E-state index in [0.29, 0.717) is 18.9 Å². The van der Waals surface area contributed by atoms with Gasteiger partial charge in [-0.05, 0) is 54.4 Å². The highest BCUT2D eigenvalue weighted by atomic mass is 35.5. The van der Waals surface area contributed by atoms with E-state index in [1.807, 2.05) is 54.6 Å². The molecule has 3 heterocycles. The van der Waals surface area contributed by atoms with Crippen molar-refractivity contribution in [1.82, 2.24) is 8.99 Å². The number of aryl methyl sites for hydroxylation is 1. The van der Waals surface area contributed by atoms with Gasteiger partial charge >= 0.3 is 0 Å². The van der Waals surface area contributed by atoms with Crippen LogP contribution in [0.2, 0.25) is 0 Å². The highest BCUT2D eigenvalue weighted by molar-refractivity contribution is 6.13. The summed E-state index contributed by atoms with van der Waals surface area (Å²) in [4.78, 5) is 12.7. The number of furan rings is 1. The fraction of sp³-hybridized carbons (Fsp3) is 0.208. The zero-order valence-corrected chi connectivity index (χ0v) is 17.1. The molecule has 2 aromatic carbocycles. The van der Waals surface area contributed by atoms with E-state index in [2.05, 4.69) is 0 Å². The van der Waals surface area contributed by atoms with Crippen LogP contribution < -0.4 is 10.3 Å². The van der Waals surface area contributed by atoms with E-state index in [4.69, 9.17) is 20.9 Å². The van der Waals surface area contributed by atoms with E-state index in [1.54, 1.807) is 15.2 Å². The summed E-state index contributed by atoms with van der Waals surface area (Å²) in [6.07, 6.45) is 3.64. The Bertz CT molecular complexity index is 1250. The zero-order valence-electron chi connectivity index (χ0n) is 16.4. The molecule has 0 N–H and O–H groups in total. The number of pyridine rings is 1. The molecule has 0 spiro atoms. The van der Waals surface area contributed by atoms with Crippen molar-refractivity contribution in [2.45, 2.75) is 26.0 Å². The van der Waals surface area contributed by atoms with Gasteiger partial charge < -0.3 is 9.15 Å². The second kappa shape index (κ2) is 8.01. The fourth-order valence-electron chi connectivity index (χ4n) is 3.91. The van der Waals surface area contributed by atoms with Crippen molar-refractivity contribution in [1.29, 1.82) is 0 Å². The highest BCUT2D eigenvalue weighted by Crippen LogP contribution is 2.32. The molecule has 1 aliphatic rings. The predicted molar refractivity (Wildman–Crippen MR) is 117 cm³/mol. The first kappa shape index (κ1) is 19.0. The second-order valence-electron chi connectivity index (χ2n) is 7.48. The van der Waals surface area contributed by atoms with Crippen LogP contribution in [0, 0.1) is 0 Å². The third-order valence-corrected chi connectivity index (χ3v) is 5.71. The van der Waals surface area contributed by atoms with Gasteiger partial charge in [0.1, 0.15) is 23.7 Å². The lowest BCUT2D eigenvalue weighted by atomic mass is 10.1. The molecule has 152 valence electrons. The van der Waals surface area contributed by atoms with E-state index in [9.17, 15) is 4.79 Å². The normalized spacial score (nSPS) is 14.4. The smallest absolute Gasteiger partial charge is 0.258 e. The van der Waals surface area contributed by atoms with Crippen molar-refractivity contribution in [2.24, 2.45) is 0 Å². The molecule has 0 radical (unpaired) electrons. The molecule has 5 rings (SSSR count). The number of benzene rings is 2. The molecule has 0 bridgehead atoms. The number of rotatable bonds is 4. The lowest BCUT2D eigenvalue weighted by Gasteiger charge is -2.09. The first-order valence-corrected chi connectivity index (χ1v) is 10.4. The molecule has 5 nitrogen and oxygen atoms in total. The number of fused-ring (bicyclic) bond motifs is 3. The Morgan fingerprint density at radius 3 is 2.77 bits per heavy atom. The summed E-state index contributed by atoms with van der Waals surface area (Å²) in [6.45, 7) is 1.85. The van der Waals surface area contributed by atoms with Gasteiger partial charge in [-0.25, -0.2) is 4.42 Å². The summed E-state index contributed by atoms with van der Waals surface area (Å²) in [6, 6.07) is 19.1. The summed E-state index contributed by atoms with van der Waals surface area (Å²) in [5.41, 5.74) is 3.74. The van der Waals surface area contributed by atoms with E-state index < -0.39 is 0 Å². The predicted octanol–water partition coefficient (Wildman–Crippen LogP) is 5.06. The van der Waals surface area contributed by atoms with Gasteiger partial charge in [0.25, 0.3) is 5.56 Å². The Hall–Kier alpha value is -3.02. The number of halogens is 1. The molecule has 0 saturated carbocycles. The van der Waals surface area contributed by atoms with Gasteiger partial charge in [0, 0.05) is 35.4 Å². The number of ether oxygens (including phenoxy) is 1. The van der Waals surface area contributed by atoms with Crippen LogP contribution >= 0.6 is 11.8 Å². The van der Waals surface area contributed by atoms with Gasteiger partial charge in [0.15, 0.2) is 0 Å². The van der Waals surface area contributed by atoms with Crippen LogP contribution in [0.15, 0.2) is 76.1 Å². The van der Waals surface area contributed by atoms with Gasteiger partial charge in [-0.1, -0.05) is 30.3 Å². The number of aromatic nitrogens is 1. The summed E-state index contributed by atoms with van der Waals surface area (Å²) < 4.78 is 15.2. The SMILES string of the molecule is O=c1cc(OCc2ccccc2)ccn1-c1ccc2oc3c(c2c1)CCCN(Cl)C3. The van der Waals surface area contributed by atoms with Crippen LogP contribution in [-0.4, -0.2) is 15.5 Å². The molecular formula is C24H21ClN2O3. The van der Waals surface area contributed by atoms with Gasteiger partial charge in [-0.3, -0.25) is 9.36 Å². The minimum absolute atomic E-state index is 0.138. The van der Waals surface area contributed by atoms with Crippen LogP contribution in [0.4, 0.5) is 0 Å². The first-order valence-electron chi connectivity index (χ1n) is 10.0. The Kier molecular flexibility index (Phi) is 5.07. The third-order valence-electron chi connectivity index (χ3n) is 5.42. The van der Waals surface area contributed by atoms with Crippen molar-refractivity contribution >= 4 is 22.7 Å². The lowest BCUT2D eigenvalue weighted by Crippen LogP contribution is -2.16. The second-order valence-corrected chi connectivity index (χ2v) is 7.96. The van der Waals surface area contributed by atoms with Crippen molar-refractivity contribution < 1.29 is 9.15 Å². The van der Waals surface area contributed by atoms with Gasteiger partial charge in [0.2, 0.25) is 0 Å². The molecule has 0 unspecified atom stereocenters. The fourth-order valence-corrected chi connectivity index (χ4v) is 4.13. The van der Waals surface area contributed by atoms with E-state index >= 15 is 0 Å². The Balaban J connectivity index is 1.43. The Labute approximate surface area is 179 Å². The molecule has 4 aromatic rings. The molecular weight excluding hydrogens is 400 g/mol. The van der Waals surface area contributed by atoms with Crippen molar-refractivity contribution in [3.8, 4) is 11.4 Å². The molecule has 2 aromatic heterocycles. The molecule has 0 saturated heterocycles. The monoisotopic (exact) mass is 420 g/mol. The molecule has 6 heteroatoms. The largest absolute Gasteiger partial charge is 0.489 e. The van der Waals surface area contributed by atoms with E-state index in [1.165, 1.54) is 11.6 Å². The van der Waals surface area contributed by atoms with Gasteiger partial charge in [0.05, 0.1) is 6.54 Å². The maximum atomic E-state index is 12.7. The van der Waals surface area contributed by atoms with Crippen LogP contribution in [0.5, 0.6) is 5.75 Å². The summed E-state index contributed by atoms with van der Waals surface area (Å²) in [7, 11) is 0. The highest BCUT2D eigenvalue weighted by Gasteiger charge is 2.20. The topological polar surface area (TPSA) is 47.6 Å². The zero-order chi connectivity index (χ0) is 20.5. The van der Waals surface area contributed by atoms with Gasteiger partial charge in [-0.2, -0.15) is 0 Å². The Morgan fingerprint density at radius 2 is 1.93 bits per heavy atom. The standard InChI is InChI=1S/C24H21ClN2O3/c25-26-11-4-7-20-21-13-18(8-9-22(21)30-23(20)15-26)27-12-10-19(14-24(27)28)29-16-17-5-2-1-3-6-17/h1-3,5-6,8-10,12-14H,4,7,11,15-16H2. The van der Waals surface area contributed by atoms with Gasteiger partial charge in [-0.15, -0.1) is 0 Å². The average molecular weight is 421 g/mol. The molecule has 1 aliphatic heterocycles. The Morgan fingerprint density at radius 1 is 1.07 bits per heavy atom. The molecule has 0 aliphatic carbocycles. The number of hydrogen-bond donors (Lipinski definition) is 0. The minimum Gasteiger partial charge on any atom is -0.489 e. The summed E-state index contributed by atoms with van der Waals surface area (Å²) in [5, 5.41) is 1.05. The van der Waals surface area contributed by atoms with E-state index in [0.717, 1.165) is 47.4 Å². The molecule has 0 fully saturated rings. The quantitative estimate of drug-likeness (QED) is 0.433. The summed E-state index contributed by atoms with van der Waals surface area (Å²) in [5.74, 6) is 1.47. The van der Waals surface area contributed by atoms with Crippen LogP contribution in [0.25, 0.3) is 16.7 Å². The molecule has 30 heavy (non-hydrogen) atoms. The lowest BCUT2D eigenvalue weighted by molar-refractivity contribution is 0.305. The molecule has 0 atom stereocenters.